The highest BCUT2D eigenvalue weighted by Gasteiger charge is 2.27. The Morgan fingerprint density at radius 1 is 0.579 bits per heavy atom. The molecule has 194 valence electrons. The molecule has 2 aromatic heterocycles. The molecule has 2 saturated heterocycles. The predicted octanol–water partition coefficient (Wildman–Crippen LogP) is 7.18. The number of fused-ring (bicyclic) bond motifs is 2. The van der Waals surface area contributed by atoms with Crippen molar-refractivity contribution in [2.75, 3.05) is 0 Å². The monoisotopic (exact) mass is 504 g/mol. The predicted molar refractivity (Wildman–Crippen MR) is 155 cm³/mol. The molecular formula is C32H36N6. The first-order chi connectivity index (χ1) is 18.7. The number of imidazole rings is 2. The fourth-order valence-electron chi connectivity index (χ4n) is 6.32. The zero-order valence-corrected chi connectivity index (χ0v) is 22.2. The minimum Gasteiger partial charge on any atom is -0.341 e. The van der Waals surface area contributed by atoms with Crippen LogP contribution in [-0.4, -0.2) is 32.0 Å². The van der Waals surface area contributed by atoms with Crippen LogP contribution in [0.5, 0.6) is 0 Å². The van der Waals surface area contributed by atoms with Crippen molar-refractivity contribution in [2.24, 2.45) is 0 Å². The van der Waals surface area contributed by atoms with E-state index >= 15 is 0 Å². The summed E-state index contributed by atoms with van der Waals surface area (Å²) < 4.78 is 0. The lowest BCUT2D eigenvalue weighted by Gasteiger charge is -2.09. The van der Waals surface area contributed by atoms with Crippen LogP contribution in [0.2, 0.25) is 0 Å². The van der Waals surface area contributed by atoms with E-state index in [1.165, 1.54) is 47.9 Å². The van der Waals surface area contributed by atoms with Gasteiger partial charge in [-0.3, -0.25) is 0 Å². The van der Waals surface area contributed by atoms with E-state index in [2.05, 4.69) is 95.1 Å². The third kappa shape index (κ3) is 4.32. The molecule has 4 atom stereocenters. The molecule has 0 radical (unpaired) electrons. The summed E-state index contributed by atoms with van der Waals surface area (Å²) >= 11 is 0. The molecule has 6 nitrogen and oxygen atoms in total. The van der Waals surface area contributed by atoms with Crippen molar-refractivity contribution in [1.82, 2.24) is 30.6 Å². The molecule has 0 bridgehead atoms. The highest BCUT2D eigenvalue weighted by Crippen LogP contribution is 2.32. The SMILES string of the molecule is CC[C@@H]1CC[C@@H](c2nc3ccc(-c4ccc(-c5ccc6nc([C@@H]7CC[C@@H](CC)N7)[nH]c6c5)cc4)cc3[nH]2)N1. The van der Waals surface area contributed by atoms with Crippen LogP contribution in [-0.2, 0) is 0 Å². The first-order valence-corrected chi connectivity index (χ1v) is 14.3. The van der Waals surface area contributed by atoms with Gasteiger partial charge in [-0.1, -0.05) is 50.2 Å². The molecular weight excluding hydrogens is 468 g/mol. The molecule has 0 aliphatic carbocycles. The van der Waals surface area contributed by atoms with Gasteiger partial charge in [0.15, 0.2) is 0 Å². The molecule has 0 amide bonds. The van der Waals surface area contributed by atoms with E-state index < -0.39 is 0 Å². The van der Waals surface area contributed by atoms with Crippen LogP contribution in [0.15, 0.2) is 60.7 Å². The first kappa shape index (κ1) is 23.6. The lowest BCUT2D eigenvalue weighted by atomic mass is 10.00. The van der Waals surface area contributed by atoms with Gasteiger partial charge >= 0.3 is 0 Å². The number of hydrogen-bond donors (Lipinski definition) is 4. The summed E-state index contributed by atoms with van der Waals surface area (Å²) in [5.74, 6) is 2.13. The minimum absolute atomic E-state index is 0.334. The van der Waals surface area contributed by atoms with Gasteiger partial charge in [-0.05, 0) is 85.0 Å². The molecule has 3 aromatic carbocycles. The van der Waals surface area contributed by atoms with Crippen molar-refractivity contribution in [3.05, 3.63) is 72.3 Å². The Labute approximate surface area is 223 Å². The van der Waals surface area contributed by atoms with Crippen molar-refractivity contribution in [3.63, 3.8) is 0 Å². The van der Waals surface area contributed by atoms with Crippen LogP contribution in [0.1, 0.15) is 76.1 Å². The molecule has 0 spiro atoms. The molecule has 7 rings (SSSR count). The van der Waals surface area contributed by atoms with Gasteiger partial charge in [0.25, 0.3) is 0 Å². The van der Waals surface area contributed by atoms with E-state index in [1.54, 1.807) is 0 Å². The van der Waals surface area contributed by atoms with Crippen molar-refractivity contribution in [1.29, 1.82) is 0 Å². The Morgan fingerprint density at radius 3 is 1.39 bits per heavy atom. The number of nitrogens with one attached hydrogen (secondary N) is 4. The zero-order valence-electron chi connectivity index (χ0n) is 22.2. The molecule has 2 aliphatic rings. The van der Waals surface area contributed by atoms with E-state index in [9.17, 15) is 0 Å². The lowest BCUT2D eigenvalue weighted by molar-refractivity contribution is 0.528. The van der Waals surface area contributed by atoms with E-state index in [0.29, 0.717) is 24.2 Å². The van der Waals surface area contributed by atoms with Gasteiger partial charge in [0.2, 0.25) is 0 Å². The Kier molecular flexibility index (Phi) is 6.02. The topological polar surface area (TPSA) is 81.4 Å². The second-order valence-electron chi connectivity index (χ2n) is 11.1. The normalized spacial score (nSPS) is 23.6. The fourth-order valence-corrected chi connectivity index (χ4v) is 6.32. The molecule has 5 aromatic rings. The first-order valence-electron chi connectivity index (χ1n) is 14.3. The number of aromatic nitrogens is 4. The number of rotatable bonds is 6. The Balaban J connectivity index is 1.11. The second-order valence-corrected chi connectivity index (χ2v) is 11.1. The van der Waals surface area contributed by atoms with Gasteiger partial charge in [0.05, 0.1) is 34.2 Å². The summed E-state index contributed by atoms with van der Waals surface area (Å²) in [6.45, 7) is 4.50. The maximum absolute atomic E-state index is 4.88. The molecule has 38 heavy (non-hydrogen) atoms. The Bertz CT molecular complexity index is 1460. The van der Waals surface area contributed by atoms with E-state index in [4.69, 9.17) is 9.97 Å². The van der Waals surface area contributed by atoms with Gasteiger partial charge in [0, 0.05) is 12.1 Å². The molecule has 2 fully saturated rings. The molecule has 2 aliphatic heterocycles. The van der Waals surface area contributed by atoms with E-state index in [0.717, 1.165) is 46.6 Å². The Hall–Kier alpha value is -3.48. The van der Waals surface area contributed by atoms with Gasteiger partial charge in [-0.15, -0.1) is 0 Å². The number of aromatic amines is 2. The Morgan fingerprint density at radius 2 is 1.00 bits per heavy atom. The average molecular weight is 505 g/mol. The van der Waals surface area contributed by atoms with Crippen molar-refractivity contribution < 1.29 is 0 Å². The van der Waals surface area contributed by atoms with E-state index in [1.807, 2.05) is 0 Å². The number of benzene rings is 3. The van der Waals surface area contributed by atoms with Crippen LogP contribution in [0.4, 0.5) is 0 Å². The van der Waals surface area contributed by atoms with Crippen LogP contribution >= 0.6 is 0 Å². The van der Waals surface area contributed by atoms with Crippen LogP contribution in [0.3, 0.4) is 0 Å². The number of H-pyrrole nitrogens is 2. The highest BCUT2D eigenvalue weighted by atomic mass is 15.1. The molecule has 4 heterocycles. The fraction of sp³-hybridized carbons (Fsp3) is 0.375. The highest BCUT2D eigenvalue weighted by molar-refractivity contribution is 5.84. The third-order valence-electron chi connectivity index (χ3n) is 8.68. The summed E-state index contributed by atoms with van der Waals surface area (Å²) in [6, 6.07) is 23.8. The zero-order chi connectivity index (χ0) is 25.6. The smallest absolute Gasteiger partial charge is 0.124 e. The van der Waals surface area contributed by atoms with Gasteiger partial charge < -0.3 is 20.6 Å². The number of nitrogens with zero attached hydrogens (tertiary/aromatic N) is 2. The van der Waals surface area contributed by atoms with E-state index in [-0.39, 0.29) is 0 Å². The van der Waals surface area contributed by atoms with Gasteiger partial charge in [0.1, 0.15) is 11.6 Å². The molecule has 0 saturated carbocycles. The largest absolute Gasteiger partial charge is 0.341 e. The van der Waals surface area contributed by atoms with Crippen LogP contribution in [0.25, 0.3) is 44.3 Å². The summed E-state index contributed by atoms with van der Waals surface area (Å²) in [5.41, 5.74) is 9.09. The average Bonchev–Trinajstić information content (AvgIpc) is 3.77. The second kappa shape index (κ2) is 9.68. The maximum atomic E-state index is 4.88. The number of hydrogen-bond acceptors (Lipinski definition) is 4. The quantitative estimate of drug-likeness (QED) is 0.197. The van der Waals surface area contributed by atoms with Gasteiger partial charge in [-0.25, -0.2) is 9.97 Å². The van der Waals surface area contributed by atoms with Crippen LogP contribution in [0, 0.1) is 0 Å². The standard InChI is InChI=1S/C32H36N6/c1-3-23-11-15-27(33-23)31-35-25-13-9-21(17-29(25)37-31)19-5-7-20(8-6-19)22-10-14-26-30(18-22)38-32(36-26)28-16-12-24(4-2)34-28/h5-10,13-14,17-18,23-24,27-28,33-34H,3-4,11-12,15-16H2,1-2H3,(H,35,37)(H,36,38)/t23-,24-,27+,28+/m1/s1. The van der Waals surface area contributed by atoms with Gasteiger partial charge in [-0.2, -0.15) is 0 Å². The van der Waals surface area contributed by atoms with Crippen molar-refractivity contribution >= 4 is 22.1 Å². The van der Waals surface area contributed by atoms with Crippen LogP contribution < -0.4 is 10.6 Å². The summed E-state index contributed by atoms with van der Waals surface area (Å²) in [4.78, 5) is 16.9. The van der Waals surface area contributed by atoms with Crippen molar-refractivity contribution in [3.8, 4) is 22.3 Å². The maximum Gasteiger partial charge on any atom is 0.124 e. The summed E-state index contributed by atoms with van der Waals surface area (Å²) in [7, 11) is 0. The lowest BCUT2D eigenvalue weighted by Crippen LogP contribution is -2.23. The summed E-state index contributed by atoms with van der Waals surface area (Å²) in [6.07, 6.45) is 7.09. The van der Waals surface area contributed by atoms with Crippen molar-refractivity contribution in [2.45, 2.75) is 76.5 Å². The molecule has 0 unspecified atom stereocenters. The molecule has 6 heteroatoms. The summed E-state index contributed by atoms with van der Waals surface area (Å²) in [5, 5.41) is 7.43. The molecule has 4 N–H and O–H groups in total. The third-order valence-corrected chi connectivity index (χ3v) is 8.68. The minimum atomic E-state index is 0.334.